The van der Waals surface area contributed by atoms with Gasteiger partial charge in [-0.3, -0.25) is 4.79 Å². The van der Waals surface area contributed by atoms with Crippen LogP contribution in [0, 0.1) is 0 Å². The molecule has 138 valence electrons. The molecular weight excluding hydrogens is 348 g/mol. The normalized spacial score (nSPS) is 26.7. The minimum atomic E-state index is -3.79. The second-order valence-electron chi connectivity index (χ2n) is 6.18. The summed E-state index contributed by atoms with van der Waals surface area (Å²) in [5.74, 6) is -0.512. The van der Waals surface area contributed by atoms with E-state index in [1.165, 1.54) is 25.3 Å². The van der Waals surface area contributed by atoms with Crippen LogP contribution >= 0.6 is 0 Å². The molecule has 9 heteroatoms. The van der Waals surface area contributed by atoms with E-state index in [0.717, 1.165) is 6.42 Å². The highest BCUT2D eigenvalue weighted by atomic mass is 32.2. The Morgan fingerprint density at radius 3 is 2.64 bits per heavy atom. The lowest BCUT2D eigenvalue weighted by molar-refractivity contribution is -0.156. The minimum absolute atomic E-state index is 0.0231. The lowest BCUT2D eigenvalue weighted by Gasteiger charge is -2.38. The number of hydrogen-bond acceptors (Lipinski definition) is 6. The Balaban J connectivity index is 1.75. The fourth-order valence-electron chi connectivity index (χ4n) is 3.31. The molecule has 3 rings (SSSR count). The number of rotatable bonds is 5. The predicted molar refractivity (Wildman–Crippen MR) is 89.0 cm³/mol. The van der Waals surface area contributed by atoms with Gasteiger partial charge in [0.1, 0.15) is 5.75 Å². The molecule has 1 saturated heterocycles. The molecule has 0 radical (unpaired) electrons. The van der Waals surface area contributed by atoms with Crippen LogP contribution < -0.4 is 15.2 Å². The van der Waals surface area contributed by atoms with E-state index in [4.69, 9.17) is 19.9 Å². The van der Waals surface area contributed by atoms with Crippen LogP contribution in [0.5, 0.6) is 5.75 Å². The number of sulfonamides is 1. The number of nitrogens with two attached hydrogens (primary N) is 1. The molecule has 2 aliphatic rings. The summed E-state index contributed by atoms with van der Waals surface area (Å²) in [5, 5.41) is 0. The lowest BCUT2D eigenvalue weighted by atomic mass is 9.90. The van der Waals surface area contributed by atoms with E-state index in [1.807, 2.05) is 0 Å². The van der Waals surface area contributed by atoms with Crippen LogP contribution in [-0.4, -0.2) is 52.9 Å². The molecule has 1 aromatic rings. The highest BCUT2D eigenvalue weighted by Crippen LogP contribution is 2.28. The Morgan fingerprint density at radius 2 is 1.96 bits per heavy atom. The van der Waals surface area contributed by atoms with Crippen molar-refractivity contribution in [2.75, 3.05) is 20.3 Å². The first kappa shape index (κ1) is 18.1. The zero-order valence-electron chi connectivity index (χ0n) is 13.9. The monoisotopic (exact) mass is 370 g/mol. The van der Waals surface area contributed by atoms with Crippen molar-refractivity contribution in [3.63, 3.8) is 0 Å². The summed E-state index contributed by atoms with van der Waals surface area (Å²) in [6.45, 7) is 1.11. The van der Waals surface area contributed by atoms with Gasteiger partial charge in [-0.25, -0.2) is 13.1 Å². The molecule has 2 fully saturated rings. The zero-order valence-corrected chi connectivity index (χ0v) is 14.8. The van der Waals surface area contributed by atoms with Crippen molar-refractivity contribution < 1.29 is 27.4 Å². The molecule has 0 aromatic heterocycles. The van der Waals surface area contributed by atoms with E-state index in [9.17, 15) is 13.2 Å². The minimum Gasteiger partial charge on any atom is -0.496 e. The second-order valence-corrected chi connectivity index (χ2v) is 7.89. The third-order valence-corrected chi connectivity index (χ3v) is 6.07. The first-order valence-corrected chi connectivity index (χ1v) is 9.62. The standard InChI is InChI=1S/C16H22N2O6S/c1-22-13-5-3-11(9-12(13)16(17)19)25(20,21)18-10-2-4-14-15(8-10)24-7-6-23-14/h3,5,9-10,14-15,18H,2,4,6-8H2,1H3,(H2,17,19)/t10-,14-,15+/m1/s1. The van der Waals surface area contributed by atoms with Crippen LogP contribution in [-0.2, 0) is 19.5 Å². The molecule has 1 saturated carbocycles. The zero-order chi connectivity index (χ0) is 18.0. The molecule has 1 aromatic carbocycles. The number of carbonyl (C=O) groups is 1. The number of benzene rings is 1. The topological polar surface area (TPSA) is 117 Å². The summed E-state index contributed by atoms with van der Waals surface area (Å²) in [5.41, 5.74) is 5.32. The molecule has 25 heavy (non-hydrogen) atoms. The van der Waals surface area contributed by atoms with Gasteiger partial charge in [-0.2, -0.15) is 0 Å². The summed E-state index contributed by atoms with van der Waals surface area (Å²) in [6.07, 6.45) is 1.92. The van der Waals surface area contributed by atoms with Crippen molar-refractivity contribution in [3.05, 3.63) is 23.8 Å². The van der Waals surface area contributed by atoms with Crippen molar-refractivity contribution in [3.8, 4) is 5.75 Å². The molecule has 0 spiro atoms. The number of methoxy groups -OCH3 is 1. The lowest BCUT2D eigenvalue weighted by Crippen LogP contribution is -2.49. The van der Waals surface area contributed by atoms with E-state index in [-0.39, 0.29) is 34.5 Å². The molecular formula is C16H22N2O6S. The number of carbonyl (C=O) groups excluding carboxylic acids is 1. The van der Waals surface area contributed by atoms with Crippen LogP contribution in [0.3, 0.4) is 0 Å². The SMILES string of the molecule is COc1ccc(S(=O)(=O)N[C@@H]2CC[C@H]3OCCO[C@H]3C2)cc1C(N)=O. The summed E-state index contributed by atoms with van der Waals surface area (Å²) in [4.78, 5) is 11.5. The molecule has 3 N–H and O–H groups in total. The van der Waals surface area contributed by atoms with Gasteiger partial charge in [0.05, 0.1) is 43.0 Å². The Labute approximate surface area is 146 Å². The number of fused-ring (bicyclic) bond motifs is 1. The maximum absolute atomic E-state index is 12.7. The second kappa shape index (κ2) is 7.28. The summed E-state index contributed by atoms with van der Waals surface area (Å²) in [7, 11) is -2.40. The van der Waals surface area contributed by atoms with Gasteiger partial charge in [0.15, 0.2) is 0 Å². The number of primary amides is 1. The summed E-state index contributed by atoms with van der Waals surface area (Å²) < 4.78 is 44.4. The van der Waals surface area contributed by atoms with Crippen molar-refractivity contribution in [2.24, 2.45) is 5.73 Å². The molecule has 1 aliphatic carbocycles. The van der Waals surface area contributed by atoms with E-state index >= 15 is 0 Å². The number of nitrogens with one attached hydrogen (secondary N) is 1. The highest BCUT2D eigenvalue weighted by Gasteiger charge is 2.36. The molecule has 0 bridgehead atoms. The van der Waals surface area contributed by atoms with Crippen LogP contribution in [0.4, 0.5) is 0 Å². The summed E-state index contributed by atoms with van der Waals surface area (Å²) in [6, 6.07) is 3.80. The third-order valence-electron chi connectivity index (χ3n) is 4.55. The van der Waals surface area contributed by atoms with Gasteiger partial charge in [0.25, 0.3) is 5.91 Å². The fraction of sp³-hybridized carbons (Fsp3) is 0.562. The quantitative estimate of drug-likeness (QED) is 0.775. The Hall–Kier alpha value is -1.68. The third kappa shape index (κ3) is 3.95. The molecule has 8 nitrogen and oxygen atoms in total. The van der Waals surface area contributed by atoms with Crippen LogP contribution in [0.25, 0.3) is 0 Å². The Bertz CT molecular complexity index is 751. The number of amides is 1. The summed E-state index contributed by atoms with van der Waals surface area (Å²) >= 11 is 0. The maximum atomic E-state index is 12.7. The maximum Gasteiger partial charge on any atom is 0.252 e. The Kier molecular flexibility index (Phi) is 5.28. The van der Waals surface area contributed by atoms with Crippen molar-refractivity contribution >= 4 is 15.9 Å². The van der Waals surface area contributed by atoms with E-state index in [1.54, 1.807) is 0 Å². The fourth-order valence-corrected chi connectivity index (χ4v) is 4.62. The van der Waals surface area contributed by atoms with Crippen LogP contribution in [0.2, 0.25) is 0 Å². The van der Waals surface area contributed by atoms with Crippen LogP contribution in [0.15, 0.2) is 23.1 Å². The average molecular weight is 370 g/mol. The first-order valence-electron chi connectivity index (χ1n) is 8.14. The van der Waals surface area contributed by atoms with Gasteiger partial charge in [-0.15, -0.1) is 0 Å². The number of hydrogen-bond donors (Lipinski definition) is 2. The van der Waals surface area contributed by atoms with Gasteiger partial charge < -0.3 is 19.9 Å². The average Bonchev–Trinajstić information content (AvgIpc) is 2.60. The van der Waals surface area contributed by atoms with E-state index < -0.39 is 15.9 Å². The molecule has 1 aliphatic heterocycles. The van der Waals surface area contributed by atoms with Crippen LogP contribution in [0.1, 0.15) is 29.6 Å². The smallest absolute Gasteiger partial charge is 0.252 e. The predicted octanol–water partition coefficient (Wildman–Crippen LogP) is 0.409. The van der Waals surface area contributed by atoms with E-state index in [0.29, 0.717) is 26.1 Å². The van der Waals surface area contributed by atoms with Crippen molar-refractivity contribution in [1.82, 2.24) is 4.72 Å². The van der Waals surface area contributed by atoms with Gasteiger partial charge in [0, 0.05) is 6.04 Å². The molecule has 1 amide bonds. The van der Waals surface area contributed by atoms with E-state index in [2.05, 4.69) is 4.72 Å². The largest absolute Gasteiger partial charge is 0.496 e. The first-order chi connectivity index (χ1) is 11.9. The number of ether oxygens (including phenoxy) is 3. The van der Waals surface area contributed by atoms with Gasteiger partial charge in [-0.05, 0) is 37.5 Å². The molecule has 1 heterocycles. The van der Waals surface area contributed by atoms with Gasteiger partial charge in [0.2, 0.25) is 10.0 Å². The van der Waals surface area contributed by atoms with Gasteiger partial charge in [-0.1, -0.05) is 0 Å². The molecule has 3 atom stereocenters. The Morgan fingerprint density at radius 1 is 1.24 bits per heavy atom. The van der Waals surface area contributed by atoms with Crippen molar-refractivity contribution in [2.45, 2.75) is 42.4 Å². The molecule has 0 unspecified atom stereocenters. The van der Waals surface area contributed by atoms with Crippen molar-refractivity contribution in [1.29, 1.82) is 0 Å². The highest BCUT2D eigenvalue weighted by molar-refractivity contribution is 7.89. The van der Waals surface area contributed by atoms with Gasteiger partial charge >= 0.3 is 0 Å².